The lowest BCUT2D eigenvalue weighted by molar-refractivity contribution is -0.0265. The van der Waals surface area contributed by atoms with Gasteiger partial charge >= 0.3 is 6.09 Å². The number of aryl methyl sites for hydroxylation is 1. The van der Waals surface area contributed by atoms with Crippen molar-refractivity contribution in [1.82, 2.24) is 14.7 Å². The fourth-order valence-corrected chi connectivity index (χ4v) is 2.10. The molecular formula is C14H21N3O4. The number of ether oxygens (including phenoxy) is 2. The van der Waals surface area contributed by atoms with Crippen LogP contribution in [0.2, 0.25) is 0 Å². The van der Waals surface area contributed by atoms with Gasteiger partial charge in [-0.25, -0.2) is 4.79 Å². The summed E-state index contributed by atoms with van der Waals surface area (Å²) in [6.07, 6.45) is 2.63. The summed E-state index contributed by atoms with van der Waals surface area (Å²) in [6, 6.07) is -0.669. The highest BCUT2D eigenvalue weighted by atomic mass is 16.6. The predicted molar refractivity (Wildman–Crippen MR) is 75.1 cm³/mol. The maximum Gasteiger partial charge on any atom is 0.411 e. The maximum absolute atomic E-state index is 12.5. The maximum atomic E-state index is 12.5. The molecule has 1 aromatic rings. The third-order valence-corrected chi connectivity index (χ3v) is 3.05. The molecular weight excluding hydrogens is 274 g/mol. The summed E-state index contributed by atoms with van der Waals surface area (Å²) < 4.78 is 12.3. The number of ketones is 1. The molecule has 0 bridgehead atoms. The third kappa shape index (κ3) is 3.81. The van der Waals surface area contributed by atoms with E-state index in [9.17, 15) is 9.59 Å². The summed E-state index contributed by atoms with van der Waals surface area (Å²) in [4.78, 5) is 26.2. The van der Waals surface area contributed by atoms with E-state index in [1.807, 2.05) is 0 Å². The van der Waals surface area contributed by atoms with Crippen molar-refractivity contribution in [2.45, 2.75) is 32.4 Å². The molecule has 0 radical (unpaired) electrons. The lowest BCUT2D eigenvalue weighted by Crippen LogP contribution is -2.53. The standard InChI is InChI=1S/C14H21N3O4/c1-14(2,3)21-13(19)17-5-6-20-9-11(17)12(18)10-7-15-16(4)8-10/h7-8,11H,5-6,9H2,1-4H3. The molecule has 0 saturated carbocycles. The van der Waals surface area contributed by atoms with Crippen molar-refractivity contribution in [2.75, 3.05) is 19.8 Å². The van der Waals surface area contributed by atoms with Crippen molar-refractivity contribution in [3.63, 3.8) is 0 Å². The molecule has 1 aromatic heterocycles. The zero-order valence-corrected chi connectivity index (χ0v) is 12.8. The van der Waals surface area contributed by atoms with E-state index < -0.39 is 17.7 Å². The Kier molecular flexibility index (Phi) is 4.32. The molecule has 1 saturated heterocycles. The minimum absolute atomic E-state index is 0.174. The molecule has 116 valence electrons. The number of aromatic nitrogens is 2. The van der Waals surface area contributed by atoms with Crippen molar-refractivity contribution >= 4 is 11.9 Å². The molecule has 0 N–H and O–H groups in total. The minimum Gasteiger partial charge on any atom is -0.444 e. The molecule has 7 heteroatoms. The number of carbonyl (C=O) groups is 2. The van der Waals surface area contributed by atoms with Crippen molar-refractivity contribution in [3.05, 3.63) is 18.0 Å². The Morgan fingerprint density at radius 1 is 1.43 bits per heavy atom. The Hall–Kier alpha value is -1.89. The van der Waals surface area contributed by atoms with Crippen LogP contribution in [0.4, 0.5) is 4.79 Å². The average Bonchev–Trinajstić information content (AvgIpc) is 2.82. The molecule has 1 amide bonds. The summed E-state index contributed by atoms with van der Waals surface area (Å²) in [7, 11) is 1.74. The first-order valence-electron chi connectivity index (χ1n) is 6.88. The zero-order chi connectivity index (χ0) is 15.6. The Balaban J connectivity index is 2.15. The Morgan fingerprint density at radius 3 is 2.71 bits per heavy atom. The van der Waals surface area contributed by atoms with Gasteiger partial charge in [0.25, 0.3) is 0 Å². The minimum atomic E-state index is -0.669. The molecule has 1 atom stereocenters. The highest BCUT2D eigenvalue weighted by Crippen LogP contribution is 2.17. The van der Waals surface area contributed by atoms with Crippen LogP contribution in [0.15, 0.2) is 12.4 Å². The quantitative estimate of drug-likeness (QED) is 0.767. The van der Waals surface area contributed by atoms with E-state index in [0.717, 1.165) is 0 Å². The van der Waals surface area contributed by atoms with E-state index in [1.54, 1.807) is 38.7 Å². The van der Waals surface area contributed by atoms with Gasteiger partial charge in [-0.15, -0.1) is 0 Å². The second-order valence-electron chi connectivity index (χ2n) is 6.03. The van der Waals surface area contributed by atoms with Gasteiger partial charge in [0, 0.05) is 19.8 Å². The first-order chi connectivity index (χ1) is 9.78. The van der Waals surface area contributed by atoms with Crippen molar-refractivity contribution in [1.29, 1.82) is 0 Å². The smallest absolute Gasteiger partial charge is 0.411 e. The summed E-state index contributed by atoms with van der Waals surface area (Å²) in [5, 5.41) is 3.98. The van der Waals surface area contributed by atoms with E-state index in [-0.39, 0.29) is 12.4 Å². The molecule has 0 spiro atoms. The topological polar surface area (TPSA) is 73.7 Å². The molecule has 0 aliphatic carbocycles. The van der Waals surface area contributed by atoms with Crippen molar-refractivity contribution < 1.29 is 19.1 Å². The van der Waals surface area contributed by atoms with Gasteiger partial charge in [-0.2, -0.15) is 5.10 Å². The van der Waals surface area contributed by atoms with Gasteiger partial charge in [-0.05, 0) is 20.8 Å². The van der Waals surface area contributed by atoms with Crippen LogP contribution in [0.25, 0.3) is 0 Å². The number of hydrogen-bond donors (Lipinski definition) is 0. The molecule has 1 fully saturated rings. The molecule has 1 unspecified atom stereocenters. The molecule has 21 heavy (non-hydrogen) atoms. The van der Waals surface area contributed by atoms with Gasteiger partial charge < -0.3 is 9.47 Å². The number of nitrogens with zero attached hydrogens (tertiary/aromatic N) is 3. The van der Waals surface area contributed by atoms with Crippen molar-refractivity contribution in [2.24, 2.45) is 7.05 Å². The summed E-state index contributed by atoms with van der Waals surface area (Å²) in [5.41, 5.74) is -0.140. The number of Topliss-reactive ketones (excluding diaryl/α,β-unsaturated/α-hetero) is 1. The summed E-state index contributed by atoms with van der Waals surface area (Å²) in [6.45, 7) is 6.30. The molecule has 0 aromatic carbocycles. The van der Waals surface area contributed by atoms with E-state index in [1.165, 1.54) is 11.1 Å². The van der Waals surface area contributed by atoms with Crippen molar-refractivity contribution in [3.8, 4) is 0 Å². The van der Waals surface area contributed by atoms with Gasteiger partial charge in [-0.1, -0.05) is 0 Å². The molecule has 1 aliphatic rings. The SMILES string of the molecule is Cn1cc(C(=O)C2COCCN2C(=O)OC(C)(C)C)cn1. The largest absolute Gasteiger partial charge is 0.444 e. The summed E-state index contributed by atoms with van der Waals surface area (Å²) >= 11 is 0. The Bertz CT molecular complexity index is 533. The van der Waals surface area contributed by atoms with Crippen LogP contribution in [0, 0.1) is 0 Å². The van der Waals surface area contributed by atoms with Gasteiger partial charge in [0.1, 0.15) is 11.6 Å². The van der Waals surface area contributed by atoms with Gasteiger partial charge in [-0.3, -0.25) is 14.4 Å². The number of morpholine rings is 1. The monoisotopic (exact) mass is 295 g/mol. The van der Waals surface area contributed by atoms with Gasteiger partial charge in [0.2, 0.25) is 0 Å². The highest BCUT2D eigenvalue weighted by Gasteiger charge is 2.36. The van der Waals surface area contributed by atoms with Crippen LogP contribution >= 0.6 is 0 Å². The molecule has 2 heterocycles. The van der Waals surface area contributed by atoms with Crippen LogP contribution < -0.4 is 0 Å². The lowest BCUT2D eigenvalue weighted by atomic mass is 10.1. The molecule has 2 rings (SSSR count). The Labute approximate surface area is 123 Å². The second-order valence-corrected chi connectivity index (χ2v) is 6.03. The van der Waals surface area contributed by atoms with E-state index in [2.05, 4.69) is 5.10 Å². The second kappa shape index (κ2) is 5.85. The van der Waals surface area contributed by atoms with Crippen LogP contribution in [-0.2, 0) is 16.5 Å². The van der Waals surface area contributed by atoms with E-state index in [0.29, 0.717) is 18.7 Å². The number of amides is 1. The Morgan fingerprint density at radius 2 is 2.14 bits per heavy atom. The highest BCUT2D eigenvalue weighted by molar-refractivity contribution is 6.01. The van der Waals surface area contributed by atoms with Crippen LogP contribution in [0.5, 0.6) is 0 Å². The molecule has 1 aliphatic heterocycles. The van der Waals surface area contributed by atoms with Crippen LogP contribution in [-0.4, -0.2) is 58.0 Å². The third-order valence-electron chi connectivity index (χ3n) is 3.05. The van der Waals surface area contributed by atoms with Crippen LogP contribution in [0.1, 0.15) is 31.1 Å². The molecule has 7 nitrogen and oxygen atoms in total. The van der Waals surface area contributed by atoms with E-state index >= 15 is 0 Å². The average molecular weight is 295 g/mol. The fourth-order valence-electron chi connectivity index (χ4n) is 2.10. The number of carbonyl (C=O) groups excluding carboxylic acids is 2. The predicted octanol–water partition coefficient (Wildman–Crippen LogP) is 1.24. The zero-order valence-electron chi connectivity index (χ0n) is 12.8. The number of rotatable bonds is 2. The fraction of sp³-hybridized carbons (Fsp3) is 0.643. The normalized spacial score (nSPS) is 19.4. The van der Waals surface area contributed by atoms with E-state index in [4.69, 9.17) is 9.47 Å². The first-order valence-corrected chi connectivity index (χ1v) is 6.88. The lowest BCUT2D eigenvalue weighted by Gasteiger charge is -2.35. The van der Waals surface area contributed by atoms with Gasteiger partial charge in [0.15, 0.2) is 5.78 Å². The first kappa shape index (κ1) is 15.5. The summed E-state index contributed by atoms with van der Waals surface area (Å²) in [5.74, 6) is -0.186. The number of hydrogen-bond acceptors (Lipinski definition) is 5. The van der Waals surface area contributed by atoms with Gasteiger partial charge in [0.05, 0.1) is 25.0 Å². The van der Waals surface area contributed by atoms with Crippen LogP contribution in [0.3, 0.4) is 0 Å².